The lowest BCUT2D eigenvalue weighted by Gasteiger charge is -2.25. The SMILES string of the molecule is CC(C)N(CC(N)=O)S(=O)(=O)c1ccc(F)cc1N. The Morgan fingerprint density at radius 3 is 2.42 bits per heavy atom. The van der Waals surface area contributed by atoms with Crippen LogP contribution in [-0.4, -0.2) is 31.2 Å². The summed E-state index contributed by atoms with van der Waals surface area (Å²) < 4.78 is 38.6. The number of anilines is 1. The van der Waals surface area contributed by atoms with E-state index in [0.717, 1.165) is 22.5 Å². The molecule has 19 heavy (non-hydrogen) atoms. The summed E-state index contributed by atoms with van der Waals surface area (Å²) in [7, 11) is -4.00. The van der Waals surface area contributed by atoms with Gasteiger partial charge in [-0.3, -0.25) is 4.79 Å². The molecule has 0 heterocycles. The van der Waals surface area contributed by atoms with Gasteiger partial charge in [-0.05, 0) is 32.0 Å². The van der Waals surface area contributed by atoms with E-state index in [0.29, 0.717) is 0 Å². The number of halogens is 1. The molecule has 0 saturated carbocycles. The van der Waals surface area contributed by atoms with Crippen molar-refractivity contribution in [1.82, 2.24) is 4.31 Å². The maximum atomic E-state index is 12.9. The molecule has 106 valence electrons. The first-order valence-corrected chi connectivity index (χ1v) is 6.95. The van der Waals surface area contributed by atoms with Gasteiger partial charge in [0, 0.05) is 6.04 Å². The van der Waals surface area contributed by atoms with Crippen molar-refractivity contribution in [2.24, 2.45) is 5.73 Å². The predicted octanol–water partition coefficient (Wildman–Crippen LogP) is 0.292. The van der Waals surface area contributed by atoms with Gasteiger partial charge in [-0.1, -0.05) is 0 Å². The fraction of sp³-hybridized carbons (Fsp3) is 0.364. The molecule has 0 bridgehead atoms. The van der Waals surface area contributed by atoms with Crippen LogP contribution in [0.5, 0.6) is 0 Å². The Balaban J connectivity index is 3.30. The van der Waals surface area contributed by atoms with Crippen LogP contribution in [0.1, 0.15) is 13.8 Å². The Labute approximate surface area is 111 Å². The molecule has 0 unspecified atom stereocenters. The summed E-state index contributed by atoms with van der Waals surface area (Å²) in [5.74, 6) is -1.42. The number of hydrogen-bond acceptors (Lipinski definition) is 4. The molecule has 0 radical (unpaired) electrons. The van der Waals surface area contributed by atoms with Crippen molar-refractivity contribution in [3.8, 4) is 0 Å². The molecular formula is C11H16FN3O3S. The molecule has 6 nitrogen and oxygen atoms in total. The summed E-state index contributed by atoms with van der Waals surface area (Å²) in [5.41, 5.74) is 10.3. The molecule has 0 spiro atoms. The van der Waals surface area contributed by atoms with Crippen LogP contribution in [0.25, 0.3) is 0 Å². The van der Waals surface area contributed by atoms with Gasteiger partial charge < -0.3 is 11.5 Å². The molecule has 0 atom stereocenters. The number of rotatable bonds is 5. The third kappa shape index (κ3) is 3.42. The van der Waals surface area contributed by atoms with Crippen molar-refractivity contribution < 1.29 is 17.6 Å². The van der Waals surface area contributed by atoms with Crippen LogP contribution in [0.15, 0.2) is 23.1 Å². The van der Waals surface area contributed by atoms with Crippen LogP contribution in [0.3, 0.4) is 0 Å². The first kappa shape index (κ1) is 15.4. The lowest BCUT2D eigenvalue weighted by molar-refractivity contribution is -0.118. The summed E-state index contributed by atoms with van der Waals surface area (Å²) in [5, 5.41) is 0. The average Bonchev–Trinajstić information content (AvgIpc) is 2.24. The second kappa shape index (κ2) is 5.54. The highest BCUT2D eigenvalue weighted by Crippen LogP contribution is 2.24. The molecule has 0 fully saturated rings. The molecule has 0 aliphatic heterocycles. The van der Waals surface area contributed by atoms with Crippen LogP contribution >= 0.6 is 0 Å². The molecule has 0 aliphatic carbocycles. The number of amides is 1. The number of benzene rings is 1. The number of hydrogen-bond donors (Lipinski definition) is 2. The van der Waals surface area contributed by atoms with Crippen LogP contribution in [-0.2, 0) is 14.8 Å². The van der Waals surface area contributed by atoms with Crippen molar-refractivity contribution in [2.45, 2.75) is 24.8 Å². The zero-order chi connectivity index (χ0) is 14.8. The van der Waals surface area contributed by atoms with E-state index < -0.39 is 34.3 Å². The molecule has 0 aromatic heterocycles. The Hall–Kier alpha value is -1.67. The van der Waals surface area contributed by atoms with Gasteiger partial charge >= 0.3 is 0 Å². The summed E-state index contributed by atoms with van der Waals surface area (Å²) in [4.78, 5) is 10.7. The number of nitrogen functional groups attached to an aromatic ring is 1. The van der Waals surface area contributed by atoms with Gasteiger partial charge in [0.05, 0.1) is 12.2 Å². The van der Waals surface area contributed by atoms with Crippen LogP contribution in [0.2, 0.25) is 0 Å². The van der Waals surface area contributed by atoms with Crippen LogP contribution in [0, 0.1) is 5.82 Å². The monoisotopic (exact) mass is 289 g/mol. The van der Waals surface area contributed by atoms with Crippen LogP contribution in [0.4, 0.5) is 10.1 Å². The third-order valence-corrected chi connectivity index (χ3v) is 4.54. The van der Waals surface area contributed by atoms with Gasteiger partial charge in [-0.2, -0.15) is 4.31 Å². The molecule has 4 N–H and O–H groups in total. The third-order valence-electron chi connectivity index (χ3n) is 2.45. The van der Waals surface area contributed by atoms with E-state index in [-0.39, 0.29) is 10.6 Å². The highest BCUT2D eigenvalue weighted by Gasteiger charge is 2.30. The summed E-state index contributed by atoms with van der Waals surface area (Å²) in [6.45, 7) is 2.73. The van der Waals surface area contributed by atoms with E-state index in [4.69, 9.17) is 11.5 Å². The Bertz CT molecular complexity index is 587. The lowest BCUT2D eigenvalue weighted by atomic mass is 10.3. The predicted molar refractivity (Wildman–Crippen MR) is 69.0 cm³/mol. The van der Waals surface area contributed by atoms with Gasteiger partial charge in [0.1, 0.15) is 10.7 Å². The van der Waals surface area contributed by atoms with Crippen molar-refractivity contribution >= 4 is 21.6 Å². The Morgan fingerprint density at radius 1 is 1.42 bits per heavy atom. The second-order valence-corrected chi connectivity index (χ2v) is 6.15. The van der Waals surface area contributed by atoms with Crippen molar-refractivity contribution in [1.29, 1.82) is 0 Å². The maximum Gasteiger partial charge on any atom is 0.245 e. The standard InChI is InChI=1S/C11H16FN3O3S/c1-7(2)15(6-11(14)16)19(17,18)10-4-3-8(12)5-9(10)13/h3-5,7H,6,13H2,1-2H3,(H2,14,16). The molecule has 0 aliphatic rings. The van der Waals surface area contributed by atoms with Gasteiger partial charge in [0.2, 0.25) is 15.9 Å². The Morgan fingerprint density at radius 2 is 2.00 bits per heavy atom. The largest absolute Gasteiger partial charge is 0.398 e. The molecule has 1 aromatic rings. The highest BCUT2D eigenvalue weighted by molar-refractivity contribution is 7.89. The van der Waals surface area contributed by atoms with E-state index in [2.05, 4.69) is 0 Å². The van der Waals surface area contributed by atoms with Gasteiger partial charge in [-0.15, -0.1) is 0 Å². The minimum Gasteiger partial charge on any atom is -0.398 e. The first-order chi connectivity index (χ1) is 8.66. The van der Waals surface area contributed by atoms with E-state index in [1.54, 1.807) is 13.8 Å². The second-order valence-electron chi connectivity index (χ2n) is 4.29. The number of sulfonamides is 1. The smallest absolute Gasteiger partial charge is 0.245 e. The first-order valence-electron chi connectivity index (χ1n) is 5.51. The normalized spacial score (nSPS) is 12.1. The topological polar surface area (TPSA) is 106 Å². The van der Waals surface area contributed by atoms with Crippen molar-refractivity contribution in [2.75, 3.05) is 12.3 Å². The van der Waals surface area contributed by atoms with Crippen molar-refractivity contribution in [3.63, 3.8) is 0 Å². The highest BCUT2D eigenvalue weighted by atomic mass is 32.2. The van der Waals surface area contributed by atoms with Gasteiger partial charge in [0.25, 0.3) is 0 Å². The van der Waals surface area contributed by atoms with Gasteiger partial charge in [-0.25, -0.2) is 12.8 Å². The van der Waals surface area contributed by atoms with Gasteiger partial charge in [0.15, 0.2) is 0 Å². The minimum absolute atomic E-state index is 0.213. The summed E-state index contributed by atoms with van der Waals surface area (Å²) >= 11 is 0. The maximum absolute atomic E-state index is 12.9. The van der Waals surface area contributed by atoms with E-state index in [1.165, 1.54) is 0 Å². The Kier molecular flexibility index (Phi) is 4.48. The van der Waals surface area contributed by atoms with Crippen LogP contribution < -0.4 is 11.5 Å². The summed E-state index contributed by atoms with van der Waals surface area (Å²) in [6.07, 6.45) is 0. The molecule has 8 heteroatoms. The zero-order valence-electron chi connectivity index (χ0n) is 10.6. The molecular weight excluding hydrogens is 273 g/mol. The summed E-state index contributed by atoms with van der Waals surface area (Å²) in [6, 6.07) is 2.49. The fourth-order valence-electron chi connectivity index (χ4n) is 1.58. The minimum atomic E-state index is -4.00. The lowest BCUT2D eigenvalue weighted by Crippen LogP contribution is -2.42. The number of nitrogens with two attached hydrogens (primary N) is 2. The van der Waals surface area contributed by atoms with Crippen molar-refractivity contribution in [3.05, 3.63) is 24.0 Å². The molecule has 1 amide bonds. The number of carbonyl (C=O) groups excluding carboxylic acids is 1. The number of primary amides is 1. The average molecular weight is 289 g/mol. The number of carbonyl (C=O) groups is 1. The van der Waals surface area contributed by atoms with E-state index in [1.807, 2.05) is 0 Å². The number of nitrogens with zero attached hydrogens (tertiary/aromatic N) is 1. The molecule has 1 rings (SSSR count). The molecule has 1 aromatic carbocycles. The fourth-order valence-corrected chi connectivity index (χ4v) is 3.28. The quantitative estimate of drug-likeness (QED) is 0.760. The van der Waals surface area contributed by atoms with E-state index in [9.17, 15) is 17.6 Å². The molecule has 0 saturated heterocycles. The zero-order valence-corrected chi connectivity index (χ0v) is 11.4. The van der Waals surface area contributed by atoms with E-state index >= 15 is 0 Å².